The molecule has 0 aliphatic carbocycles. The van der Waals surface area contributed by atoms with Crippen LogP contribution in [-0.2, 0) is 9.53 Å². The van der Waals surface area contributed by atoms with Crippen molar-refractivity contribution in [2.45, 2.75) is 45.1 Å². The third-order valence-corrected chi connectivity index (χ3v) is 2.29. The summed E-state index contributed by atoms with van der Waals surface area (Å²) in [5.41, 5.74) is 0.715. The lowest BCUT2D eigenvalue weighted by atomic mass is 10.1. The van der Waals surface area contributed by atoms with E-state index in [2.05, 4.69) is 6.07 Å². The van der Waals surface area contributed by atoms with Crippen molar-refractivity contribution in [3.8, 4) is 6.07 Å². The quantitative estimate of drug-likeness (QED) is 0.497. The smallest absolute Gasteiger partial charge is 0.334 e. The van der Waals surface area contributed by atoms with Crippen molar-refractivity contribution in [2.24, 2.45) is 0 Å². The van der Waals surface area contributed by atoms with Gasteiger partial charge in [0.15, 0.2) is 0 Å². The largest absolute Gasteiger partial charge is 0.455 e. The highest BCUT2D eigenvalue weighted by molar-refractivity contribution is 5.90. The number of carbonyl (C=O) groups is 1. The lowest BCUT2D eigenvalue weighted by Crippen LogP contribution is -2.07. The number of esters is 1. The monoisotopic (exact) mass is 193 g/mol. The first-order valence-corrected chi connectivity index (χ1v) is 5.00. The zero-order valence-corrected chi connectivity index (χ0v) is 8.45. The zero-order chi connectivity index (χ0) is 10.4. The van der Waals surface area contributed by atoms with E-state index in [9.17, 15) is 4.79 Å². The van der Waals surface area contributed by atoms with Crippen LogP contribution in [0.2, 0.25) is 0 Å². The van der Waals surface area contributed by atoms with Crippen molar-refractivity contribution in [1.29, 1.82) is 5.26 Å². The van der Waals surface area contributed by atoms with Crippen molar-refractivity contribution < 1.29 is 9.53 Å². The van der Waals surface area contributed by atoms with Crippen molar-refractivity contribution >= 4 is 5.97 Å². The maximum atomic E-state index is 11.0. The molecule has 0 aromatic carbocycles. The van der Waals surface area contributed by atoms with Crippen LogP contribution < -0.4 is 0 Å². The number of unbranched alkanes of at least 4 members (excludes halogenated alkanes) is 3. The highest BCUT2D eigenvalue weighted by Gasteiger charge is 2.21. The molecule has 3 nitrogen and oxygen atoms in total. The number of nitrogens with zero attached hydrogens (tertiary/aromatic N) is 1. The Labute approximate surface area is 84.4 Å². The highest BCUT2D eigenvalue weighted by Crippen LogP contribution is 2.18. The molecule has 0 radical (unpaired) electrons. The molecule has 1 rings (SSSR count). The van der Waals surface area contributed by atoms with Gasteiger partial charge in [-0.3, -0.25) is 0 Å². The fourth-order valence-electron chi connectivity index (χ4n) is 1.48. The van der Waals surface area contributed by atoms with Crippen LogP contribution in [0.5, 0.6) is 0 Å². The van der Waals surface area contributed by atoms with E-state index in [-0.39, 0.29) is 12.1 Å². The molecule has 0 saturated heterocycles. The topological polar surface area (TPSA) is 50.1 Å². The second kappa shape index (κ2) is 5.43. The molecule has 76 valence electrons. The molecular formula is C11H15NO2. The molecule has 1 aliphatic rings. The molecule has 1 atom stereocenters. The van der Waals surface area contributed by atoms with E-state index in [4.69, 9.17) is 10.00 Å². The molecule has 0 spiro atoms. The second-order valence-corrected chi connectivity index (χ2v) is 3.55. The summed E-state index contributed by atoms with van der Waals surface area (Å²) in [6.07, 6.45) is 6.36. The summed E-state index contributed by atoms with van der Waals surface area (Å²) in [5, 5.41) is 8.32. The third kappa shape index (κ3) is 3.21. The van der Waals surface area contributed by atoms with E-state index in [1.807, 2.05) is 6.08 Å². The minimum absolute atomic E-state index is 0.0235. The summed E-state index contributed by atoms with van der Waals surface area (Å²) in [4.78, 5) is 11.0. The van der Waals surface area contributed by atoms with Gasteiger partial charge in [0.05, 0.1) is 6.07 Å². The van der Waals surface area contributed by atoms with E-state index >= 15 is 0 Å². The van der Waals surface area contributed by atoms with Crippen LogP contribution in [-0.4, -0.2) is 12.1 Å². The van der Waals surface area contributed by atoms with Crippen molar-refractivity contribution in [1.82, 2.24) is 0 Å². The van der Waals surface area contributed by atoms with E-state index < -0.39 is 0 Å². The standard InChI is InChI=1S/C11H15NO2/c1-9-8-10(14-11(9)13)6-4-2-3-5-7-12/h8,10H,2-6H2,1H3. The molecule has 14 heavy (non-hydrogen) atoms. The summed E-state index contributed by atoms with van der Waals surface area (Å²) in [6, 6.07) is 2.11. The van der Waals surface area contributed by atoms with Gasteiger partial charge in [0.25, 0.3) is 0 Å². The summed E-state index contributed by atoms with van der Waals surface area (Å²) in [5.74, 6) is -0.188. The molecule has 1 heterocycles. The molecule has 0 aromatic heterocycles. The molecule has 0 N–H and O–H groups in total. The van der Waals surface area contributed by atoms with Crippen LogP contribution in [0.1, 0.15) is 39.0 Å². The van der Waals surface area contributed by atoms with Crippen molar-refractivity contribution in [3.63, 3.8) is 0 Å². The van der Waals surface area contributed by atoms with Crippen molar-refractivity contribution in [3.05, 3.63) is 11.6 Å². The Morgan fingerprint density at radius 1 is 1.50 bits per heavy atom. The number of rotatable bonds is 5. The Morgan fingerprint density at radius 2 is 2.29 bits per heavy atom. The minimum Gasteiger partial charge on any atom is -0.455 e. The SMILES string of the molecule is CC1=CC(CCCCCC#N)OC1=O. The number of nitriles is 1. The second-order valence-electron chi connectivity index (χ2n) is 3.55. The molecule has 0 amide bonds. The number of ether oxygens (including phenoxy) is 1. The molecule has 0 aromatic rings. The van der Waals surface area contributed by atoms with Gasteiger partial charge in [-0.15, -0.1) is 0 Å². The lowest BCUT2D eigenvalue weighted by Gasteiger charge is -2.06. The van der Waals surface area contributed by atoms with Crippen LogP contribution in [0.3, 0.4) is 0 Å². The molecule has 3 heteroatoms. The molecule has 0 saturated carbocycles. The Bertz CT molecular complexity index is 276. The zero-order valence-electron chi connectivity index (χ0n) is 8.45. The first-order valence-electron chi connectivity index (χ1n) is 5.00. The predicted molar refractivity (Wildman–Crippen MR) is 52.3 cm³/mol. The lowest BCUT2D eigenvalue weighted by molar-refractivity contribution is -0.139. The van der Waals surface area contributed by atoms with E-state index in [0.717, 1.165) is 25.7 Å². The Hall–Kier alpha value is -1.30. The van der Waals surface area contributed by atoms with Crippen LogP contribution in [0.4, 0.5) is 0 Å². The Kier molecular flexibility index (Phi) is 4.18. The molecule has 1 aliphatic heterocycles. The van der Waals surface area contributed by atoms with E-state index in [1.165, 1.54) is 0 Å². The molecule has 0 bridgehead atoms. The number of hydrogen-bond donors (Lipinski definition) is 0. The molecule has 1 unspecified atom stereocenters. The number of hydrogen-bond acceptors (Lipinski definition) is 3. The summed E-state index contributed by atoms with van der Waals surface area (Å²) in [6.45, 7) is 1.78. The van der Waals surface area contributed by atoms with Crippen LogP contribution in [0, 0.1) is 11.3 Å². The highest BCUT2D eigenvalue weighted by atomic mass is 16.5. The maximum Gasteiger partial charge on any atom is 0.334 e. The summed E-state index contributed by atoms with van der Waals surface area (Å²) in [7, 11) is 0. The minimum atomic E-state index is -0.188. The van der Waals surface area contributed by atoms with Gasteiger partial charge in [-0.2, -0.15) is 5.26 Å². The predicted octanol–water partition coefficient (Wildman–Crippen LogP) is 2.33. The van der Waals surface area contributed by atoms with Crippen LogP contribution in [0.15, 0.2) is 11.6 Å². The van der Waals surface area contributed by atoms with Gasteiger partial charge in [-0.1, -0.05) is 6.42 Å². The number of carbonyl (C=O) groups excluding carboxylic acids is 1. The first kappa shape index (κ1) is 10.8. The average Bonchev–Trinajstić information content (AvgIpc) is 2.46. The fraction of sp³-hybridized carbons (Fsp3) is 0.636. The van der Waals surface area contributed by atoms with Crippen LogP contribution in [0.25, 0.3) is 0 Å². The van der Waals surface area contributed by atoms with Gasteiger partial charge in [0, 0.05) is 12.0 Å². The first-order chi connectivity index (χ1) is 6.74. The van der Waals surface area contributed by atoms with Gasteiger partial charge in [0.1, 0.15) is 6.10 Å². The van der Waals surface area contributed by atoms with E-state index in [1.54, 1.807) is 6.92 Å². The maximum absolute atomic E-state index is 11.0. The summed E-state index contributed by atoms with van der Waals surface area (Å²) < 4.78 is 5.08. The third-order valence-electron chi connectivity index (χ3n) is 2.29. The Morgan fingerprint density at radius 3 is 2.86 bits per heavy atom. The normalized spacial score (nSPS) is 20.1. The fourth-order valence-corrected chi connectivity index (χ4v) is 1.48. The van der Waals surface area contributed by atoms with Gasteiger partial charge >= 0.3 is 5.97 Å². The molecular weight excluding hydrogens is 178 g/mol. The van der Waals surface area contributed by atoms with Crippen LogP contribution >= 0.6 is 0 Å². The Balaban J connectivity index is 2.10. The summed E-state index contributed by atoms with van der Waals surface area (Å²) >= 11 is 0. The van der Waals surface area contributed by atoms with Gasteiger partial charge in [-0.05, 0) is 32.3 Å². The van der Waals surface area contributed by atoms with Gasteiger partial charge < -0.3 is 4.74 Å². The van der Waals surface area contributed by atoms with Gasteiger partial charge in [-0.25, -0.2) is 4.79 Å². The van der Waals surface area contributed by atoms with Crippen molar-refractivity contribution in [2.75, 3.05) is 0 Å². The number of cyclic esters (lactones) is 1. The average molecular weight is 193 g/mol. The van der Waals surface area contributed by atoms with Gasteiger partial charge in [0.2, 0.25) is 0 Å². The molecule has 0 fully saturated rings. The van der Waals surface area contributed by atoms with E-state index in [0.29, 0.717) is 12.0 Å².